The minimum absolute atomic E-state index is 0.161. The van der Waals surface area contributed by atoms with Gasteiger partial charge in [-0.25, -0.2) is 4.79 Å². The van der Waals surface area contributed by atoms with E-state index in [9.17, 15) is 4.79 Å². The van der Waals surface area contributed by atoms with Gasteiger partial charge in [-0.2, -0.15) is 0 Å². The molecule has 0 atom stereocenters. The second kappa shape index (κ2) is 9.20. The van der Waals surface area contributed by atoms with Gasteiger partial charge in [0.2, 0.25) is 0 Å². The SMILES string of the molecule is O=C(O)c1ccc(Cl)c(NCc2ccccc2OCc2ccc(Cl)cc2Cl)c1. The molecule has 0 saturated carbocycles. The van der Waals surface area contributed by atoms with Crippen molar-refractivity contribution in [2.45, 2.75) is 13.2 Å². The number of benzene rings is 3. The Labute approximate surface area is 177 Å². The van der Waals surface area contributed by atoms with Crippen LogP contribution in [0.15, 0.2) is 60.7 Å². The first-order valence-corrected chi connectivity index (χ1v) is 9.49. The summed E-state index contributed by atoms with van der Waals surface area (Å²) in [5, 5.41) is 13.9. The number of nitrogens with one attached hydrogen (secondary N) is 1. The minimum Gasteiger partial charge on any atom is -0.488 e. The number of anilines is 1. The van der Waals surface area contributed by atoms with Gasteiger partial charge in [-0.1, -0.05) is 59.1 Å². The molecule has 0 unspecified atom stereocenters. The standard InChI is InChI=1S/C21H16Cl3NO3/c22-16-7-5-15(18(24)10-16)12-28-20-4-2-1-3-14(20)11-25-19-9-13(21(26)27)6-8-17(19)23/h1-10,25H,11-12H2,(H,26,27). The van der Waals surface area contributed by atoms with E-state index in [0.29, 0.717) is 39.7 Å². The number of carbonyl (C=O) groups is 1. The molecule has 0 heterocycles. The molecule has 28 heavy (non-hydrogen) atoms. The van der Waals surface area contributed by atoms with Crippen LogP contribution in [0, 0.1) is 0 Å². The molecule has 0 aliphatic heterocycles. The third kappa shape index (κ3) is 5.10. The molecule has 4 nitrogen and oxygen atoms in total. The van der Waals surface area contributed by atoms with E-state index in [1.165, 1.54) is 12.1 Å². The van der Waals surface area contributed by atoms with Crippen LogP contribution in [0.3, 0.4) is 0 Å². The van der Waals surface area contributed by atoms with Crippen LogP contribution < -0.4 is 10.1 Å². The normalized spacial score (nSPS) is 10.5. The van der Waals surface area contributed by atoms with E-state index >= 15 is 0 Å². The predicted octanol–water partition coefficient (Wildman–Crippen LogP) is 6.54. The van der Waals surface area contributed by atoms with Gasteiger partial charge in [-0.15, -0.1) is 0 Å². The van der Waals surface area contributed by atoms with E-state index in [-0.39, 0.29) is 5.56 Å². The zero-order valence-electron chi connectivity index (χ0n) is 14.6. The van der Waals surface area contributed by atoms with Crippen molar-refractivity contribution < 1.29 is 14.6 Å². The van der Waals surface area contributed by atoms with Crippen LogP contribution in [0.25, 0.3) is 0 Å². The van der Waals surface area contributed by atoms with Gasteiger partial charge < -0.3 is 15.2 Å². The number of hydrogen-bond acceptors (Lipinski definition) is 3. The van der Waals surface area contributed by atoms with Crippen LogP contribution in [0.5, 0.6) is 5.75 Å². The largest absolute Gasteiger partial charge is 0.488 e. The van der Waals surface area contributed by atoms with Crippen LogP contribution in [0.4, 0.5) is 5.69 Å². The van der Waals surface area contributed by atoms with Crippen LogP contribution in [-0.4, -0.2) is 11.1 Å². The Balaban J connectivity index is 1.72. The fraction of sp³-hybridized carbons (Fsp3) is 0.0952. The molecule has 0 aliphatic rings. The number of halogens is 3. The van der Waals surface area contributed by atoms with E-state index in [4.69, 9.17) is 44.6 Å². The fourth-order valence-electron chi connectivity index (χ4n) is 2.57. The molecule has 0 fully saturated rings. The molecule has 0 amide bonds. The highest BCUT2D eigenvalue weighted by atomic mass is 35.5. The molecule has 0 radical (unpaired) electrons. The highest BCUT2D eigenvalue weighted by molar-refractivity contribution is 6.35. The van der Waals surface area contributed by atoms with Crippen molar-refractivity contribution in [3.8, 4) is 5.75 Å². The van der Waals surface area contributed by atoms with E-state index in [0.717, 1.165) is 11.1 Å². The van der Waals surface area contributed by atoms with Gasteiger partial charge in [0.15, 0.2) is 0 Å². The molecule has 3 aromatic carbocycles. The van der Waals surface area contributed by atoms with E-state index in [1.807, 2.05) is 30.3 Å². The number of carboxylic acid groups (broad SMARTS) is 1. The summed E-state index contributed by atoms with van der Waals surface area (Å²) in [6.07, 6.45) is 0. The van der Waals surface area contributed by atoms with Gasteiger partial charge in [-0.3, -0.25) is 0 Å². The zero-order valence-corrected chi connectivity index (χ0v) is 16.9. The third-order valence-electron chi connectivity index (χ3n) is 4.05. The number of aromatic carboxylic acids is 1. The monoisotopic (exact) mass is 435 g/mol. The summed E-state index contributed by atoms with van der Waals surface area (Å²) in [5.74, 6) is -0.324. The minimum atomic E-state index is -1.01. The quantitative estimate of drug-likeness (QED) is 0.442. The lowest BCUT2D eigenvalue weighted by Gasteiger charge is -2.14. The van der Waals surface area contributed by atoms with Crippen LogP contribution >= 0.6 is 34.8 Å². The Bertz CT molecular complexity index is 1010. The van der Waals surface area contributed by atoms with Crippen LogP contribution in [0.1, 0.15) is 21.5 Å². The summed E-state index contributed by atoms with van der Waals surface area (Å²) in [5.41, 5.74) is 2.42. The van der Waals surface area contributed by atoms with Gasteiger partial charge in [0.25, 0.3) is 0 Å². The highest BCUT2D eigenvalue weighted by Gasteiger charge is 2.10. The van der Waals surface area contributed by atoms with Crippen molar-refractivity contribution >= 4 is 46.5 Å². The molecule has 0 aromatic heterocycles. The molecular formula is C21H16Cl3NO3. The Kier molecular flexibility index (Phi) is 6.68. The van der Waals surface area contributed by atoms with Gasteiger partial charge >= 0.3 is 5.97 Å². The first kappa shape index (κ1) is 20.3. The lowest BCUT2D eigenvalue weighted by molar-refractivity contribution is 0.0697. The Morgan fingerprint density at radius 1 is 0.929 bits per heavy atom. The Morgan fingerprint density at radius 3 is 2.46 bits per heavy atom. The van der Waals surface area contributed by atoms with E-state index in [2.05, 4.69) is 5.32 Å². The molecule has 7 heteroatoms. The van der Waals surface area contributed by atoms with Gasteiger partial charge in [0, 0.05) is 27.7 Å². The van der Waals surface area contributed by atoms with Gasteiger partial charge in [0.1, 0.15) is 12.4 Å². The third-order valence-corrected chi connectivity index (χ3v) is 4.97. The van der Waals surface area contributed by atoms with Crippen molar-refractivity contribution in [2.24, 2.45) is 0 Å². The Morgan fingerprint density at radius 2 is 1.71 bits per heavy atom. The molecule has 2 N–H and O–H groups in total. The summed E-state index contributed by atoms with van der Waals surface area (Å²) in [6.45, 7) is 0.704. The highest BCUT2D eigenvalue weighted by Crippen LogP contribution is 2.27. The van der Waals surface area contributed by atoms with Crippen molar-refractivity contribution in [2.75, 3.05) is 5.32 Å². The Hall–Kier alpha value is -2.40. The second-order valence-electron chi connectivity index (χ2n) is 5.99. The maximum Gasteiger partial charge on any atom is 0.335 e. The molecule has 0 bridgehead atoms. The molecule has 144 valence electrons. The van der Waals surface area contributed by atoms with Crippen molar-refractivity contribution in [3.63, 3.8) is 0 Å². The van der Waals surface area contributed by atoms with Gasteiger partial charge in [0.05, 0.1) is 16.3 Å². The zero-order chi connectivity index (χ0) is 20.1. The maximum absolute atomic E-state index is 11.2. The first-order chi connectivity index (χ1) is 13.4. The van der Waals surface area contributed by atoms with Crippen molar-refractivity contribution in [3.05, 3.63) is 92.4 Å². The summed E-state index contributed by atoms with van der Waals surface area (Å²) in [4.78, 5) is 11.2. The van der Waals surface area contributed by atoms with Crippen molar-refractivity contribution in [1.29, 1.82) is 0 Å². The lowest BCUT2D eigenvalue weighted by atomic mass is 10.1. The summed E-state index contributed by atoms with van der Waals surface area (Å²) >= 11 is 18.3. The summed E-state index contributed by atoms with van der Waals surface area (Å²) in [7, 11) is 0. The molecule has 0 saturated heterocycles. The number of carboxylic acids is 1. The van der Waals surface area contributed by atoms with Crippen molar-refractivity contribution in [1.82, 2.24) is 0 Å². The van der Waals surface area contributed by atoms with Crippen LogP contribution in [-0.2, 0) is 13.2 Å². The molecular weight excluding hydrogens is 421 g/mol. The van der Waals surface area contributed by atoms with E-state index < -0.39 is 5.97 Å². The van der Waals surface area contributed by atoms with Gasteiger partial charge in [-0.05, 0) is 36.4 Å². The molecule has 0 spiro atoms. The molecule has 3 aromatic rings. The number of hydrogen-bond donors (Lipinski definition) is 2. The smallest absolute Gasteiger partial charge is 0.335 e. The summed E-state index contributed by atoms with van der Waals surface area (Å²) < 4.78 is 5.93. The number of para-hydroxylation sites is 1. The molecule has 0 aliphatic carbocycles. The summed E-state index contributed by atoms with van der Waals surface area (Å²) in [6, 6.07) is 17.3. The maximum atomic E-state index is 11.2. The lowest BCUT2D eigenvalue weighted by Crippen LogP contribution is -2.05. The average Bonchev–Trinajstić information content (AvgIpc) is 2.67. The average molecular weight is 437 g/mol. The molecule has 3 rings (SSSR count). The van der Waals surface area contributed by atoms with Crippen LogP contribution in [0.2, 0.25) is 15.1 Å². The second-order valence-corrected chi connectivity index (χ2v) is 7.24. The first-order valence-electron chi connectivity index (χ1n) is 8.35. The van der Waals surface area contributed by atoms with E-state index in [1.54, 1.807) is 18.2 Å². The number of rotatable bonds is 7. The number of ether oxygens (including phenoxy) is 1. The predicted molar refractivity (Wildman–Crippen MR) is 113 cm³/mol. The fourth-order valence-corrected chi connectivity index (χ4v) is 3.22. The topological polar surface area (TPSA) is 58.6 Å².